The van der Waals surface area contributed by atoms with Crippen LogP contribution in [0.5, 0.6) is 0 Å². The molecule has 1 N–H and O–H groups in total. The van der Waals surface area contributed by atoms with Gasteiger partial charge in [-0.05, 0) is 17.7 Å². The smallest absolute Gasteiger partial charge is 0.328 e. The Morgan fingerprint density at radius 3 is 2.84 bits per heavy atom. The largest absolute Gasteiger partial charge is 0.478 e. The number of hydrogen-bond donors (Lipinski definition) is 1. The Kier molecular flexibility index (Phi) is 5.69. The summed E-state index contributed by atoms with van der Waals surface area (Å²) in [6.07, 6.45) is 5.33. The fourth-order valence-corrected chi connectivity index (χ4v) is 1.38. The molecule has 0 unspecified atom stereocenters. The minimum absolute atomic E-state index is 0.185. The number of ether oxygens (including phenoxy) is 1. The normalized spacial score (nSPS) is 10.6. The Bertz CT molecular complexity index is 485. The average molecular weight is 264 g/mol. The van der Waals surface area contributed by atoms with Crippen LogP contribution in [0.4, 0.5) is 0 Å². The number of amides is 1. The van der Waals surface area contributed by atoms with Gasteiger partial charge < -0.3 is 14.7 Å². The number of pyridine rings is 1. The van der Waals surface area contributed by atoms with E-state index in [0.717, 1.165) is 6.08 Å². The van der Waals surface area contributed by atoms with Crippen molar-refractivity contribution in [2.45, 2.75) is 0 Å². The molecule has 6 heteroatoms. The van der Waals surface area contributed by atoms with Gasteiger partial charge in [-0.15, -0.1) is 0 Å². The maximum absolute atomic E-state index is 12.0. The van der Waals surface area contributed by atoms with E-state index < -0.39 is 5.97 Å². The van der Waals surface area contributed by atoms with Crippen molar-refractivity contribution in [2.24, 2.45) is 0 Å². The maximum Gasteiger partial charge on any atom is 0.328 e. The fraction of sp³-hybridized carbons (Fsp3) is 0.308. The monoisotopic (exact) mass is 264 g/mol. The van der Waals surface area contributed by atoms with Crippen molar-refractivity contribution in [1.29, 1.82) is 0 Å². The summed E-state index contributed by atoms with van der Waals surface area (Å²) < 4.78 is 4.90. The zero-order chi connectivity index (χ0) is 14.3. The molecule has 6 nitrogen and oxygen atoms in total. The summed E-state index contributed by atoms with van der Waals surface area (Å²) in [5.41, 5.74) is 0.972. The van der Waals surface area contributed by atoms with Crippen molar-refractivity contribution >= 4 is 18.0 Å². The Balaban J connectivity index is 2.80. The van der Waals surface area contributed by atoms with E-state index in [4.69, 9.17) is 9.84 Å². The number of hydrogen-bond acceptors (Lipinski definition) is 4. The third-order valence-electron chi connectivity index (χ3n) is 2.40. The Hall–Kier alpha value is -2.21. The fourth-order valence-electron chi connectivity index (χ4n) is 1.38. The molecule has 0 saturated heterocycles. The number of carbonyl (C=O) groups is 2. The Morgan fingerprint density at radius 2 is 2.21 bits per heavy atom. The van der Waals surface area contributed by atoms with Gasteiger partial charge in [0.2, 0.25) is 0 Å². The molecule has 0 atom stereocenters. The van der Waals surface area contributed by atoms with Gasteiger partial charge in [-0.25, -0.2) is 4.79 Å². The number of carbonyl (C=O) groups excluding carboxylic acids is 1. The van der Waals surface area contributed by atoms with Crippen molar-refractivity contribution in [3.05, 3.63) is 35.7 Å². The molecule has 1 heterocycles. The van der Waals surface area contributed by atoms with Gasteiger partial charge in [-0.1, -0.05) is 0 Å². The van der Waals surface area contributed by atoms with Crippen molar-refractivity contribution in [1.82, 2.24) is 9.88 Å². The summed E-state index contributed by atoms with van der Waals surface area (Å²) in [6.45, 7) is 0.929. The lowest BCUT2D eigenvalue weighted by molar-refractivity contribution is -0.131. The minimum Gasteiger partial charge on any atom is -0.478 e. The average Bonchev–Trinajstić information content (AvgIpc) is 2.42. The SMILES string of the molecule is COCCN(C)C(=O)c1cncc(C=CC(=O)O)c1. The molecule has 0 saturated carbocycles. The zero-order valence-electron chi connectivity index (χ0n) is 10.9. The Labute approximate surface area is 111 Å². The number of carboxylic acids is 1. The molecule has 0 fully saturated rings. The maximum atomic E-state index is 12.0. The molecule has 1 amide bonds. The van der Waals surface area contributed by atoms with Crippen molar-refractivity contribution in [3.63, 3.8) is 0 Å². The first-order chi connectivity index (χ1) is 9.04. The number of rotatable bonds is 6. The van der Waals surface area contributed by atoms with Crippen LogP contribution in [0.3, 0.4) is 0 Å². The molecule has 0 aliphatic carbocycles. The topological polar surface area (TPSA) is 79.7 Å². The number of aliphatic carboxylic acids is 1. The Morgan fingerprint density at radius 1 is 1.47 bits per heavy atom. The van der Waals surface area contributed by atoms with Gasteiger partial charge >= 0.3 is 5.97 Å². The molecule has 0 aliphatic rings. The standard InChI is InChI=1S/C13H16N2O4/c1-15(5-6-19-2)13(18)11-7-10(8-14-9-11)3-4-12(16)17/h3-4,7-9H,5-6H2,1-2H3,(H,16,17). The van der Waals surface area contributed by atoms with E-state index in [9.17, 15) is 9.59 Å². The first-order valence-electron chi connectivity index (χ1n) is 5.65. The highest BCUT2D eigenvalue weighted by molar-refractivity contribution is 5.94. The molecule has 19 heavy (non-hydrogen) atoms. The third-order valence-corrected chi connectivity index (χ3v) is 2.40. The van der Waals surface area contributed by atoms with Gasteiger partial charge in [0.15, 0.2) is 0 Å². The molecule has 0 aromatic carbocycles. The van der Waals surface area contributed by atoms with Gasteiger partial charge in [-0.2, -0.15) is 0 Å². The second-order valence-corrected chi connectivity index (χ2v) is 3.90. The highest BCUT2D eigenvalue weighted by Gasteiger charge is 2.11. The summed E-state index contributed by atoms with van der Waals surface area (Å²) >= 11 is 0. The predicted octanol–water partition coefficient (Wildman–Crippen LogP) is 0.898. The van der Waals surface area contributed by atoms with Gasteiger partial charge in [0.05, 0.1) is 12.2 Å². The van der Waals surface area contributed by atoms with Gasteiger partial charge in [0.25, 0.3) is 5.91 Å². The van der Waals surface area contributed by atoms with E-state index in [2.05, 4.69) is 4.98 Å². The first-order valence-corrected chi connectivity index (χ1v) is 5.65. The van der Waals surface area contributed by atoms with E-state index in [1.54, 1.807) is 20.2 Å². The van der Waals surface area contributed by atoms with E-state index in [1.165, 1.54) is 23.4 Å². The summed E-state index contributed by atoms with van der Waals surface area (Å²) in [5.74, 6) is -1.23. The van der Waals surface area contributed by atoms with E-state index in [1.807, 2.05) is 0 Å². The summed E-state index contributed by atoms with van der Waals surface area (Å²) in [7, 11) is 3.23. The van der Waals surface area contributed by atoms with Crippen LogP contribution < -0.4 is 0 Å². The minimum atomic E-state index is -1.05. The molecular formula is C13H16N2O4. The van der Waals surface area contributed by atoms with Crippen LogP contribution in [0.15, 0.2) is 24.5 Å². The van der Waals surface area contributed by atoms with Crippen molar-refractivity contribution in [3.8, 4) is 0 Å². The third kappa shape index (κ3) is 4.89. The molecule has 0 aliphatic heterocycles. The van der Waals surface area contributed by atoms with Crippen molar-refractivity contribution in [2.75, 3.05) is 27.3 Å². The molecule has 0 bridgehead atoms. The molecule has 1 aromatic heterocycles. The molecule has 1 aromatic rings. The lowest BCUT2D eigenvalue weighted by Gasteiger charge is -2.16. The van der Waals surface area contributed by atoms with Gasteiger partial charge in [0, 0.05) is 39.2 Å². The highest BCUT2D eigenvalue weighted by Crippen LogP contribution is 2.07. The van der Waals surface area contributed by atoms with Crippen LogP contribution in [0.1, 0.15) is 15.9 Å². The lowest BCUT2D eigenvalue weighted by Crippen LogP contribution is -2.30. The first kappa shape index (κ1) is 14.8. The van der Waals surface area contributed by atoms with Crippen LogP contribution in [-0.4, -0.2) is 54.2 Å². The summed E-state index contributed by atoms with van der Waals surface area (Å²) in [6, 6.07) is 1.60. The highest BCUT2D eigenvalue weighted by atomic mass is 16.5. The number of carboxylic acid groups (broad SMARTS) is 1. The van der Waals surface area contributed by atoms with E-state index in [-0.39, 0.29) is 5.91 Å². The van der Waals surface area contributed by atoms with Crippen LogP contribution in [0.2, 0.25) is 0 Å². The van der Waals surface area contributed by atoms with Crippen LogP contribution >= 0.6 is 0 Å². The second kappa shape index (κ2) is 7.27. The quantitative estimate of drug-likeness (QED) is 0.772. The van der Waals surface area contributed by atoms with Gasteiger partial charge in [-0.3, -0.25) is 9.78 Å². The molecule has 102 valence electrons. The molecular weight excluding hydrogens is 248 g/mol. The van der Waals surface area contributed by atoms with Crippen molar-refractivity contribution < 1.29 is 19.4 Å². The second-order valence-electron chi connectivity index (χ2n) is 3.90. The lowest BCUT2D eigenvalue weighted by atomic mass is 10.2. The van der Waals surface area contributed by atoms with Crippen LogP contribution in [0.25, 0.3) is 6.08 Å². The number of likely N-dealkylation sites (N-methyl/N-ethyl adjacent to an activating group) is 1. The predicted molar refractivity (Wildman–Crippen MR) is 69.7 cm³/mol. The number of aromatic nitrogens is 1. The summed E-state index contributed by atoms with van der Waals surface area (Å²) in [4.78, 5) is 27.9. The summed E-state index contributed by atoms with van der Waals surface area (Å²) in [5, 5.41) is 8.54. The van der Waals surface area contributed by atoms with Crippen LogP contribution in [-0.2, 0) is 9.53 Å². The molecule has 0 spiro atoms. The number of nitrogens with zero attached hydrogens (tertiary/aromatic N) is 2. The van der Waals surface area contributed by atoms with Crippen LogP contribution in [0, 0.1) is 0 Å². The number of methoxy groups -OCH3 is 1. The molecule has 1 rings (SSSR count). The zero-order valence-corrected chi connectivity index (χ0v) is 10.9. The van der Waals surface area contributed by atoms with E-state index >= 15 is 0 Å². The van der Waals surface area contributed by atoms with Gasteiger partial charge in [0.1, 0.15) is 0 Å². The van der Waals surface area contributed by atoms with E-state index in [0.29, 0.717) is 24.3 Å². The molecule has 0 radical (unpaired) electrons.